The quantitative estimate of drug-likeness (QED) is 0.326. The second kappa shape index (κ2) is 12.6. The molecule has 0 saturated carbocycles. The van der Waals surface area contributed by atoms with E-state index in [1.54, 1.807) is 19.9 Å². The summed E-state index contributed by atoms with van der Waals surface area (Å²) in [6, 6.07) is 4.25. The van der Waals surface area contributed by atoms with E-state index in [0.717, 1.165) is 6.07 Å². The zero-order valence-electron chi connectivity index (χ0n) is 18.7. The third-order valence-corrected chi connectivity index (χ3v) is 4.13. The lowest BCUT2D eigenvalue weighted by Gasteiger charge is -2.17. The third-order valence-electron chi connectivity index (χ3n) is 4.13. The van der Waals surface area contributed by atoms with Gasteiger partial charge in [-0.15, -0.1) is 13.2 Å². The third kappa shape index (κ3) is 7.30. The Kier molecular flexibility index (Phi) is 10.6. The fourth-order valence-corrected chi connectivity index (χ4v) is 2.87. The number of nitrogen functional groups attached to an aromatic ring is 1. The first-order valence-electron chi connectivity index (χ1n) is 9.95. The summed E-state index contributed by atoms with van der Waals surface area (Å²) in [4.78, 5) is 10.3. The predicted octanol–water partition coefficient (Wildman–Crippen LogP) is 2.61. The molecular weight excluding hydrogens is 399 g/mol. The maximum Gasteiger partial charge on any atom is 0.167 e. The zero-order chi connectivity index (χ0) is 23.6. The summed E-state index contributed by atoms with van der Waals surface area (Å²) in [5, 5.41) is 20.9. The Hall–Kier alpha value is -3.04. The van der Waals surface area contributed by atoms with Gasteiger partial charge in [0.2, 0.25) is 0 Å². The van der Waals surface area contributed by atoms with Crippen molar-refractivity contribution in [2.75, 3.05) is 37.8 Å². The standard InChI is InChI=1S/C18H22FN5O2.C2H7N.C2H4/c1-10(2)26-16-5-12(14(20)6-13(16)19)18(21)15-7-17(23-9-22-15)24-4-3-11(25)8-24;1-3-2;1-2/h5-7,9-11,21,25H,3-4,8,20H2,1-2H3;3H,1-2H3;1-2H2/t11-;;/m1../s1. The topological polar surface area (TPSA) is 120 Å². The van der Waals surface area contributed by atoms with E-state index in [2.05, 4.69) is 28.4 Å². The van der Waals surface area contributed by atoms with Gasteiger partial charge < -0.3 is 25.8 Å². The van der Waals surface area contributed by atoms with Crippen molar-refractivity contribution >= 4 is 17.2 Å². The van der Waals surface area contributed by atoms with Crippen LogP contribution in [0.25, 0.3) is 0 Å². The molecule has 170 valence electrons. The van der Waals surface area contributed by atoms with Crippen molar-refractivity contribution in [3.05, 3.63) is 54.8 Å². The predicted molar refractivity (Wildman–Crippen MR) is 124 cm³/mol. The summed E-state index contributed by atoms with van der Waals surface area (Å²) in [5.74, 6) is 0.115. The number of halogens is 1. The molecule has 9 heteroatoms. The van der Waals surface area contributed by atoms with Crippen LogP contribution < -0.4 is 20.7 Å². The molecule has 31 heavy (non-hydrogen) atoms. The van der Waals surface area contributed by atoms with Gasteiger partial charge in [0, 0.05) is 36.5 Å². The lowest BCUT2D eigenvalue weighted by atomic mass is 10.0. The van der Waals surface area contributed by atoms with Crippen molar-refractivity contribution in [2.24, 2.45) is 0 Å². The van der Waals surface area contributed by atoms with Gasteiger partial charge in [-0.05, 0) is 40.4 Å². The minimum absolute atomic E-state index is 0.0471. The highest BCUT2D eigenvalue weighted by Gasteiger charge is 2.23. The first kappa shape index (κ1) is 26.0. The number of aliphatic hydroxyl groups is 1. The number of aromatic nitrogens is 2. The average molecular weight is 433 g/mol. The van der Waals surface area contributed by atoms with Crippen LogP contribution >= 0.6 is 0 Å². The number of β-amino-alcohol motifs (C(OH)–C–C–N with tert-alkyl or cyclic N) is 1. The summed E-state index contributed by atoms with van der Waals surface area (Å²) in [5.41, 5.74) is 6.82. The highest BCUT2D eigenvalue weighted by Crippen LogP contribution is 2.27. The van der Waals surface area contributed by atoms with Crippen molar-refractivity contribution < 1.29 is 14.2 Å². The summed E-state index contributed by atoms with van der Waals surface area (Å²) in [7, 11) is 3.75. The SMILES string of the molecule is C=C.CC(C)Oc1cc(C(=N)c2cc(N3CC[C@@H](O)C3)ncn2)c(N)cc1F.CNC. The van der Waals surface area contributed by atoms with Crippen LogP contribution in [-0.2, 0) is 0 Å². The molecule has 1 aromatic heterocycles. The van der Waals surface area contributed by atoms with Crippen molar-refractivity contribution in [3.63, 3.8) is 0 Å². The number of hydrogen-bond acceptors (Lipinski definition) is 8. The van der Waals surface area contributed by atoms with Gasteiger partial charge in [-0.3, -0.25) is 5.41 Å². The monoisotopic (exact) mass is 432 g/mol. The van der Waals surface area contributed by atoms with Crippen LogP contribution in [0.2, 0.25) is 0 Å². The van der Waals surface area contributed by atoms with Gasteiger partial charge in [0.1, 0.15) is 12.1 Å². The van der Waals surface area contributed by atoms with Crippen LogP contribution in [0.4, 0.5) is 15.9 Å². The van der Waals surface area contributed by atoms with Crippen LogP contribution in [0.5, 0.6) is 5.75 Å². The molecule has 0 radical (unpaired) electrons. The molecule has 1 aromatic carbocycles. The smallest absolute Gasteiger partial charge is 0.167 e. The Balaban J connectivity index is 0.000000884. The number of nitrogens with zero attached hydrogens (tertiary/aromatic N) is 3. The van der Waals surface area contributed by atoms with Crippen molar-refractivity contribution in [1.82, 2.24) is 15.3 Å². The number of nitrogens with one attached hydrogen (secondary N) is 2. The van der Waals surface area contributed by atoms with Crippen LogP contribution in [-0.4, -0.2) is 60.2 Å². The molecule has 0 unspecified atom stereocenters. The summed E-state index contributed by atoms with van der Waals surface area (Å²) < 4.78 is 19.5. The highest BCUT2D eigenvalue weighted by atomic mass is 19.1. The normalized spacial score (nSPS) is 14.9. The fraction of sp³-hybridized carbons (Fsp3) is 0.409. The molecule has 0 amide bonds. The number of nitrogens with two attached hydrogens (primary N) is 1. The molecule has 1 atom stereocenters. The highest BCUT2D eigenvalue weighted by molar-refractivity contribution is 6.13. The molecule has 0 aliphatic carbocycles. The maximum atomic E-state index is 14.0. The van der Waals surface area contributed by atoms with Crippen molar-refractivity contribution in [3.8, 4) is 5.75 Å². The Morgan fingerprint density at radius 3 is 2.52 bits per heavy atom. The van der Waals surface area contributed by atoms with E-state index in [1.807, 2.05) is 19.0 Å². The number of rotatable bonds is 5. The minimum Gasteiger partial charge on any atom is -0.488 e. The van der Waals surface area contributed by atoms with Gasteiger partial charge in [0.25, 0.3) is 0 Å². The van der Waals surface area contributed by atoms with E-state index in [9.17, 15) is 9.50 Å². The number of benzene rings is 1. The molecule has 2 heterocycles. The lowest BCUT2D eigenvalue weighted by Crippen LogP contribution is -2.23. The van der Waals surface area contributed by atoms with Gasteiger partial charge in [-0.1, -0.05) is 0 Å². The van der Waals surface area contributed by atoms with Gasteiger partial charge in [0.15, 0.2) is 11.6 Å². The van der Waals surface area contributed by atoms with Crippen molar-refractivity contribution in [1.29, 1.82) is 5.41 Å². The Morgan fingerprint density at radius 1 is 1.32 bits per heavy atom. The number of aliphatic hydroxyl groups excluding tert-OH is 1. The molecule has 3 rings (SSSR count). The van der Waals surface area contributed by atoms with Crippen molar-refractivity contribution in [2.45, 2.75) is 32.5 Å². The molecule has 1 saturated heterocycles. The van der Waals surface area contributed by atoms with Crippen LogP contribution in [0.3, 0.4) is 0 Å². The molecule has 1 aliphatic rings. The molecule has 0 bridgehead atoms. The number of anilines is 2. The minimum atomic E-state index is -0.567. The molecule has 1 aliphatic heterocycles. The first-order valence-corrected chi connectivity index (χ1v) is 9.95. The molecule has 2 aromatic rings. The Morgan fingerprint density at radius 2 is 1.97 bits per heavy atom. The molecule has 5 N–H and O–H groups in total. The van der Waals surface area contributed by atoms with Crippen LogP contribution in [0.1, 0.15) is 31.5 Å². The maximum absolute atomic E-state index is 14.0. The van der Waals surface area contributed by atoms with Crippen LogP contribution in [0.15, 0.2) is 37.7 Å². The molecular formula is C22H33FN6O2. The summed E-state index contributed by atoms with van der Waals surface area (Å²) in [6.45, 7) is 10.8. The molecule has 0 spiro atoms. The molecule has 1 fully saturated rings. The zero-order valence-corrected chi connectivity index (χ0v) is 18.7. The van der Waals surface area contributed by atoms with Gasteiger partial charge in [-0.25, -0.2) is 14.4 Å². The van der Waals surface area contributed by atoms with E-state index in [4.69, 9.17) is 15.9 Å². The van der Waals surface area contributed by atoms with E-state index in [0.29, 0.717) is 36.6 Å². The largest absolute Gasteiger partial charge is 0.488 e. The first-order chi connectivity index (χ1) is 14.8. The average Bonchev–Trinajstić information content (AvgIpc) is 3.18. The molecule has 8 nitrogen and oxygen atoms in total. The number of hydrogen-bond donors (Lipinski definition) is 4. The second-order valence-electron chi connectivity index (χ2n) is 7.06. The van der Waals surface area contributed by atoms with Gasteiger partial charge in [-0.2, -0.15) is 0 Å². The van der Waals surface area contributed by atoms with E-state index in [1.165, 1.54) is 12.4 Å². The summed E-state index contributed by atoms with van der Waals surface area (Å²) >= 11 is 0. The Labute approximate surface area is 183 Å². The summed E-state index contributed by atoms with van der Waals surface area (Å²) in [6.07, 6.45) is 1.46. The number of ether oxygens (including phenoxy) is 1. The van der Waals surface area contributed by atoms with Gasteiger partial charge >= 0.3 is 0 Å². The van der Waals surface area contributed by atoms with E-state index in [-0.39, 0.29) is 29.4 Å². The van der Waals surface area contributed by atoms with Crippen LogP contribution in [0, 0.1) is 11.2 Å². The lowest BCUT2D eigenvalue weighted by molar-refractivity contribution is 0.198. The van der Waals surface area contributed by atoms with E-state index >= 15 is 0 Å². The van der Waals surface area contributed by atoms with E-state index < -0.39 is 5.82 Å². The Bertz CT molecular complexity index is 862. The fourth-order valence-electron chi connectivity index (χ4n) is 2.87. The van der Waals surface area contributed by atoms with Gasteiger partial charge in [0.05, 0.1) is 23.6 Å². The second-order valence-corrected chi connectivity index (χ2v) is 7.06.